The summed E-state index contributed by atoms with van der Waals surface area (Å²) in [7, 11) is 1.59. The molecule has 1 aliphatic heterocycles. The van der Waals surface area contributed by atoms with Gasteiger partial charge in [0.1, 0.15) is 0 Å². The van der Waals surface area contributed by atoms with Crippen molar-refractivity contribution in [2.24, 2.45) is 5.41 Å². The molecule has 0 aromatic heterocycles. The third-order valence-corrected chi connectivity index (χ3v) is 6.77. The number of carbonyl (C=O) groups excluding carboxylic acids is 2. The Balaban J connectivity index is 1.89. The normalized spacial score (nSPS) is 19.1. The molecule has 0 saturated carbocycles. The number of allylic oxidation sites excluding steroid dienone is 1. The third kappa shape index (κ3) is 5.09. The fraction of sp³-hybridized carbons (Fsp3) is 0.385. The summed E-state index contributed by atoms with van der Waals surface area (Å²) in [5.41, 5.74) is 3.73. The van der Waals surface area contributed by atoms with E-state index in [1.807, 2.05) is 35.2 Å². The molecule has 0 bridgehead atoms. The molecule has 8 heteroatoms. The van der Waals surface area contributed by atoms with Crippen molar-refractivity contribution in [1.29, 1.82) is 0 Å². The maximum absolute atomic E-state index is 13.6. The molecule has 1 unspecified atom stereocenters. The van der Waals surface area contributed by atoms with Gasteiger partial charge in [0.25, 0.3) is 0 Å². The molecule has 1 aliphatic carbocycles. The van der Waals surface area contributed by atoms with E-state index in [9.17, 15) is 9.59 Å². The number of rotatable bonds is 6. The summed E-state index contributed by atoms with van der Waals surface area (Å²) in [6.45, 7) is 5.05. The molecule has 2 aromatic carbocycles. The Morgan fingerprint density at radius 3 is 2.71 bits per heavy atom. The fourth-order valence-electron chi connectivity index (χ4n) is 4.78. The zero-order valence-corrected chi connectivity index (χ0v) is 21.1. The van der Waals surface area contributed by atoms with Gasteiger partial charge in [-0.25, -0.2) is 0 Å². The second kappa shape index (κ2) is 9.98. The quantitative estimate of drug-likeness (QED) is 0.520. The van der Waals surface area contributed by atoms with Crippen LogP contribution in [0.3, 0.4) is 0 Å². The van der Waals surface area contributed by atoms with Crippen LogP contribution in [-0.2, 0) is 14.3 Å². The average molecular weight is 502 g/mol. The summed E-state index contributed by atoms with van der Waals surface area (Å²) >= 11 is 12.9. The lowest BCUT2D eigenvalue weighted by molar-refractivity contribution is -0.121. The topological polar surface area (TPSA) is 70.7 Å². The van der Waals surface area contributed by atoms with Crippen molar-refractivity contribution in [2.45, 2.75) is 32.7 Å². The molecule has 4 rings (SSSR count). The summed E-state index contributed by atoms with van der Waals surface area (Å²) < 4.78 is 5.06. The molecule has 0 fully saturated rings. The van der Waals surface area contributed by atoms with Gasteiger partial charge in [-0.1, -0.05) is 55.2 Å². The van der Waals surface area contributed by atoms with E-state index < -0.39 is 6.04 Å². The van der Waals surface area contributed by atoms with Crippen LogP contribution < -0.4 is 15.5 Å². The standard InChI is InChI=1S/C26H29Cl2N3O3/c1-26(2)13-20-24(22(32)14-26)25(17-9-8-16(27)12-18(17)28)31(15-23(33)29-10-11-34-3)21-7-5-4-6-19(21)30-20/h4-9,12,25,30H,10-11,13-15H2,1-3H3,(H,29,33). The molecule has 0 radical (unpaired) electrons. The first-order valence-electron chi connectivity index (χ1n) is 11.3. The molecule has 34 heavy (non-hydrogen) atoms. The lowest BCUT2D eigenvalue weighted by atomic mass is 9.73. The number of amides is 1. The highest BCUT2D eigenvalue weighted by atomic mass is 35.5. The summed E-state index contributed by atoms with van der Waals surface area (Å²) in [4.78, 5) is 28.6. The van der Waals surface area contributed by atoms with E-state index in [0.717, 1.165) is 22.6 Å². The number of nitrogens with one attached hydrogen (secondary N) is 2. The van der Waals surface area contributed by atoms with Gasteiger partial charge >= 0.3 is 0 Å². The van der Waals surface area contributed by atoms with Crippen molar-refractivity contribution in [2.75, 3.05) is 37.0 Å². The van der Waals surface area contributed by atoms with Crippen LogP contribution in [0.2, 0.25) is 10.0 Å². The summed E-state index contributed by atoms with van der Waals surface area (Å²) in [5.74, 6) is -0.123. The molecule has 1 amide bonds. The van der Waals surface area contributed by atoms with Gasteiger partial charge in [0.05, 0.1) is 30.6 Å². The van der Waals surface area contributed by atoms with E-state index in [1.54, 1.807) is 19.2 Å². The lowest BCUT2D eigenvalue weighted by Gasteiger charge is -2.38. The zero-order chi connectivity index (χ0) is 24.5. The number of carbonyl (C=O) groups is 2. The second-order valence-electron chi connectivity index (χ2n) is 9.51. The Hall–Kier alpha value is -2.54. The molecule has 180 valence electrons. The molecular formula is C26H29Cl2N3O3. The van der Waals surface area contributed by atoms with Crippen LogP contribution in [0.1, 0.15) is 38.3 Å². The minimum Gasteiger partial charge on any atom is -0.383 e. The second-order valence-corrected chi connectivity index (χ2v) is 10.4. The van der Waals surface area contributed by atoms with E-state index in [4.69, 9.17) is 27.9 Å². The number of ketones is 1. The van der Waals surface area contributed by atoms with Gasteiger partial charge in [-0.05, 0) is 41.7 Å². The maximum Gasteiger partial charge on any atom is 0.239 e. The van der Waals surface area contributed by atoms with Gasteiger partial charge in [-0.15, -0.1) is 0 Å². The number of hydrogen-bond donors (Lipinski definition) is 2. The van der Waals surface area contributed by atoms with Crippen LogP contribution >= 0.6 is 23.2 Å². The predicted molar refractivity (Wildman–Crippen MR) is 137 cm³/mol. The van der Waals surface area contributed by atoms with Crippen molar-refractivity contribution in [3.8, 4) is 0 Å². The smallest absolute Gasteiger partial charge is 0.239 e. The van der Waals surface area contributed by atoms with E-state index in [0.29, 0.717) is 41.6 Å². The van der Waals surface area contributed by atoms with E-state index in [1.165, 1.54) is 0 Å². The largest absolute Gasteiger partial charge is 0.383 e. The lowest BCUT2D eigenvalue weighted by Crippen LogP contribution is -2.42. The van der Waals surface area contributed by atoms with Crippen LogP contribution in [0.15, 0.2) is 53.7 Å². The van der Waals surface area contributed by atoms with Crippen LogP contribution in [0.4, 0.5) is 11.4 Å². The SMILES string of the molecule is COCCNC(=O)CN1c2ccccc2NC2=C(C(=O)CC(C)(C)C2)C1c1ccc(Cl)cc1Cl. The van der Waals surface area contributed by atoms with Gasteiger partial charge < -0.3 is 20.3 Å². The number of ether oxygens (including phenoxy) is 1. The molecule has 1 atom stereocenters. The summed E-state index contributed by atoms with van der Waals surface area (Å²) in [6, 6.07) is 12.5. The Bertz CT molecular complexity index is 1150. The van der Waals surface area contributed by atoms with Gasteiger partial charge in [-0.3, -0.25) is 9.59 Å². The monoisotopic (exact) mass is 501 g/mol. The molecule has 2 aliphatic rings. The molecular weight excluding hydrogens is 473 g/mol. The number of para-hydroxylation sites is 2. The summed E-state index contributed by atoms with van der Waals surface area (Å²) in [6.07, 6.45) is 1.12. The number of benzene rings is 2. The van der Waals surface area contributed by atoms with Crippen molar-refractivity contribution in [3.05, 3.63) is 69.3 Å². The Morgan fingerprint density at radius 2 is 1.97 bits per heavy atom. The zero-order valence-electron chi connectivity index (χ0n) is 19.6. The number of hydrogen-bond acceptors (Lipinski definition) is 5. The maximum atomic E-state index is 13.6. The first-order chi connectivity index (χ1) is 16.2. The van der Waals surface area contributed by atoms with E-state index >= 15 is 0 Å². The Morgan fingerprint density at radius 1 is 1.21 bits per heavy atom. The highest BCUT2D eigenvalue weighted by Gasteiger charge is 2.42. The minimum absolute atomic E-state index is 0.0412. The third-order valence-electron chi connectivity index (χ3n) is 6.20. The summed E-state index contributed by atoms with van der Waals surface area (Å²) in [5, 5.41) is 7.38. The molecule has 0 spiro atoms. The van der Waals surface area contributed by atoms with Crippen molar-refractivity contribution >= 4 is 46.3 Å². The van der Waals surface area contributed by atoms with Gasteiger partial charge in [0, 0.05) is 41.4 Å². The van der Waals surface area contributed by atoms with Crippen LogP contribution in [0.25, 0.3) is 0 Å². The number of fused-ring (bicyclic) bond motifs is 1. The van der Waals surface area contributed by atoms with E-state index in [-0.39, 0.29) is 23.7 Å². The average Bonchev–Trinajstić information content (AvgIpc) is 2.88. The highest BCUT2D eigenvalue weighted by molar-refractivity contribution is 6.35. The van der Waals surface area contributed by atoms with Gasteiger partial charge in [0.2, 0.25) is 5.91 Å². The van der Waals surface area contributed by atoms with Crippen LogP contribution in [0.5, 0.6) is 0 Å². The van der Waals surface area contributed by atoms with Crippen LogP contribution in [0, 0.1) is 5.41 Å². The number of halogens is 2. The fourth-order valence-corrected chi connectivity index (χ4v) is 5.29. The van der Waals surface area contributed by atoms with E-state index in [2.05, 4.69) is 24.5 Å². The number of nitrogens with zero attached hydrogens (tertiary/aromatic N) is 1. The number of methoxy groups -OCH3 is 1. The minimum atomic E-state index is -0.548. The number of anilines is 2. The molecule has 0 saturated heterocycles. The first kappa shape index (κ1) is 24.6. The molecule has 2 aromatic rings. The highest BCUT2D eigenvalue weighted by Crippen LogP contribution is 2.49. The predicted octanol–water partition coefficient (Wildman–Crippen LogP) is 5.37. The van der Waals surface area contributed by atoms with Crippen molar-refractivity contribution < 1.29 is 14.3 Å². The number of Topliss-reactive ketones (excluding diaryl/α,β-unsaturated/α-hetero) is 1. The molecule has 6 nitrogen and oxygen atoms in total. The van der Waals surface area contributed by atoms with Crippen molar-refractivity contribution in [1.82, 2.24) is 5.32 Å². The van der Waals surface area contributed by atoms with Crippen molar-refractivity contribution in [3.63, 3.8) is 0 Å². The van der Waals surface area contributed by atoms with Crippen LogP contribution in [-0.4, -0.2) is 38.5 Å². The Kier molecular flexibility index (Phi) is 7.22. The van der Waals surface area contributed by atoms with Gasteiger partial charge in [-0.2, -0.15) is 0 Å². The molecule has 1 heterocycles. The Labute approximate surface area is 210 Å². The molecule has 2 N–H and O–H groups in total. The first-order valence-corrected chi connectivity index (χ1v) is 12.1. The van der Waals surface area contributed by atoms with Gasteiger partial charge in [0.15, 0.2) is 5.78 Å².